The third-order valence-corrected chi connectivity index (χ3v) is 5.14. The predicted molar refractivity (Wildman–Crippen MR) is 89.2 cm³/mol. The summed E-state index contributed by atoms with van der Waals surface area (Å²) in [7, 11) is 0. The van der Waals surface area contributed by atoms with Crippen LogP contribution in [0.1, 0.15) is 50.3 Å². The molecule has 126 valence electrons. The molecule has 0 aromatic carbocycles. The molecule has 0 bridgehead atoms. The molecule has 6 heteroatoms. The number of anilines is 1. The van der Waals surface area contributed by atoms with Crippen molar-refractivity contribution in [3.05, 3.63) is 17.0 Å². The second-order valence-corrected chi connectivity index (χ2v) is 7.22. The average Bonchev–Trinajstić information content (AvgIpc) is 3.29. The SMILES string of the molecule is Clc1cc(N2CCC(OCC3CCCO3)CC2)nc(C2CC2)n1. The smallest absolute Gasteiger partial charge is 0.135 e. The van der Waals surface area contributed by atoms with Crippen LogP contribution >= 0.6 is 11.6 Å². The molecule has 0 spiro atoms. The minimum Gasteiger partial charge on any atom is -0.376 e. The van der Waals surface area contributed by atoms with Gasteiger partial charge in [0.15, 0.2) is 0 Å². The quantitative estimate of drug-likeness (QED) is 0.772. The van der Waals surface area contributed by atoms with E-state index >= 15 is 0 Å². The molecule has 2 aliphatic heterocycles. The molecule has 0 N–H and O–H groups in total. The van der Waals surface area contributed by atoms with Crippen molar-refractivity contribution in [1.29, 1.82) is 0 Å². The third-order valence-electron chi connectivity index (χ3n) is 4.95. The van der Waals surface area contributed by atoms with Crippen molar-refractivity contribution in [2.75, 3.05) is 31.2 Å². The zero-order valence-electron chi connectivity index (χ0n) is 13.4. The summed E-state index contributed by atoms with van der Waals surface area (Å²) < 4.78 is 11.7. The summed E-state index contributed by atoms with van der Waals surface area (Å²) in [6, 6.07) is 1.89. The summed E-state index contributed by atoms with van der Waals surface area (Å²) in [6.07, 6.45) is 7.43. The lowest BCUT2D eigenvalue weighted by atomic mass is 10.1. The molecule has 5 nitrogen and oxygen atoms in total. The molecule has 1 aliphatic carbocycles. The number of hydrogen-bond donors (Lipinski definition) is 0. The van der Waals surface area contributed by atoms with Crippen LogP contribution in [0.5, 0.6) is 0 Å². The van der Waals surface area contributed by atoms with Crippen LogP contribution in [0.2, 0.25) is 5.15 Å². The summed E-state index contributed by atoms with van der Waals surface area (Å²) in [5.74, 6) is 2.42. The highest BCUT2D eigenvalue weighted by Gasteiger charge is 2.29. The Morgan fingerprint density at radius 1 is 1.17 bits per heavy atom. The molecule has 2 saturated heterocycles. The topological polar surface area (TPSA) is 47.5 Å². The third kappa shape index (κ3) is 3.95. The monoisotopic (exact) mass is 337 g/mol. The minimum atomic E-state index is 0.315. The molecule has 1 saturated carbocycles. The standard InChI is InChI=1S/C17H24ClN3O2/c18-15-10-16(20-17(19-15)12-3-4-12)21-7-5-13(6-8-21)23-11-14-2-1-9-22-14/h10,12-14H,1-9,11H2. The maximum Gasteiger partial charge on any atom is 0.135 e. The molecule has 1 unspecified atom stereocenters. The van der Waals surface area contributed by atoms with E-state index in [0.29, 0.717) is 23.3 Å². The largest absolute Gasteiger partial charge is 0.376 e. The average molecular weight is 338 g/mol. The molecule has 1 aromatic heterocycles. The van der Waals surface area contributed by atoms with Crippen molar-refractivity contribution >= 4 is 17.4 Å². The van der Waals surface area contributed by atoms with Gasteiger partial charge >= 0.3 is 0 Å². The molecular formula is C17H24ClN3O2. The van der Waals surface area contributed by atoms with Crippen LogP contribution in [0.25, 0.3) is 0 Å². The van der Waals surface area contributed by atoms with Crippen LogP contribution in [0.15, 0.2) is 6.07 Å². The minimum absolute atomic E-state index is 0.315. The first-order valence-electron chi connectivity index (χ1n) is 8.80. The number of aromatic nitrogens is 2. The first-order chi connectivity index (χ1) is 11.3. The number of hydrogen-bond acceptors (Lipinski definition) is 5. The Morgan fingerprint density at radius 2 is 2.00 bits per heavy atom. The highest BCUT2D eigenvalue weighted by molar-refractivity contribution is 6.29. The molecule has 3 fully saturated rings. The fourth-order valence-electron chi connectivity index (χ4n) is 3.38. The van der Waals surface area contributed by atoms with E-state index in [0.717, 1.165) is 57.2 Å². The fourth-order valence-corrected chi connectivity index (χ4v) is 3.56. The van der Waals surface area contributed by atoms with Crippen molar-refractivity contribution in [2.24, 2.45) is 0 Å². The van der Waals surface area contributed by atoms with E-state index in [-0.39, 0.29) is 0 Å². The van der Waals surface area contributed by atoms with Gasteiger partial charge in [0, 0.05) is 31.7 Å². The maximum absolute atomic E-state index is 6.18. The van der Waals surface area contributed by atoms with Crippen molar-refractivity contribution in [3.8, 4) is 0 Å². The Labute approximate surface area is 142 Å². The zero-order chi connectivity index (χ0) is 15.6. The molecule has 23 heavy (non-hydrogen) atoms. The van der Waals surface area contributed by atoms with Gasteiger partial charge in [-0.25, -0.2) is 9.97 Å². The van der Waals surface area contributed by atoms with Gasteiger partial charge in [0.1, 0.15) is 16.8 Å². The van der Waals surface area contributed by atoms with E-state index in [1.807, 2.05) is 6.07 Å². The van der Waals surface area contributed by atoms with E-state index < -0.39 is 0 Å². The number of ether oxygens (including phenoxy) is 2. The maximum atomic E-state index is 6.18. The lowest BCUT2D eigenvalue weighted by Gasteiger charge is -2.33. The fraction of sp³-hybridized carbons (Fsp3) is 0.765. The first-order valence-corrected chi connectivity index (χ1v) is 9.18. The number of rotatable bonds is 5. The number of nitrogens with zero attached hydrogens (tertiary/aromatic N) is 3. The van der Waals surface area contributed by atoms with Gasteiger partial charge in [0.05, 0.1) is 18.8 Å². The number of piperidine rings is 1. The van der Waals surface area contributed by atoms with E-state index in [1.54, 1.807) is 0 Å². The first kappa shape index (κ1) is 15.6. The summed E-state index contributed by atoms with van der Waals surface area (Å²) in [6.45, 7) is 3.57. The Balaban J connectivity index is 1.30. The summed E-state index contributed by atoms with van der Waals surface area (Å²) in [4.78, 5) is 11.4. The molecule has 0 amide bonds. The van der Waals surface area contributed by atoms with Gasteiger partial charge < -0.3 is 14.4 Å². The lowest BCUT2D eigenvalue weighted by Crippen LogP contribution is -2.38. The van der Waals surface area contributed by atoms with Crippen LogP contribution < -0.4 is 4.90 Å². The molecular weight excluding hydrogens is 314 g/mol. The van der Waals surface area contributed by atoms with Crippen LogP contribution in [0, 0.1) is 0 Å². The second kappa shape index (κ2) is 6.91. The molecule has 0 radical (unpaired) electrons. The Bertz CT molecular complexity index is 539. The van der Waals surface area contributed by atoms with Gasteiger partial charge in [0.25, 0.3) is 0 Å². The highest BCUT2D eigenvalue weighted by Crippen LogP contribution is 2.39. The van der Waals surface area contributed by atoms with Crippen LogP contribution in [-0.4, -0.2) is 48.5 Å². The van der Waals surface area contributed by atoms with E-state index in [1.165, 1.54) is 19.3 Å². The van der Waals surface area contributed by atoms with Crippen molar-refractivity contribution < 1.29 is 9.47 Å². The van der Waals surface area contributed by atoms with Gasteiger partial charge in [-0.15, -0.1) is 0 Å². The van der Waals surface area contributed by atoms with Crippen LogP contribution in [0.4, 0.5) is 5.82 Å². The number of halogens is 1. The van der Waals surface area contributed by atoms with Crippen molar-refractivity contribution in [1.82, 2.24) is 9.97 Å². The zero-order valence-corrected chi connectivity index (χ0v) is 14.2. The molecule has 3 aliphatic rings. The second-order valence-electron chi connectivity index (χ2n) is 6.84. The predicted octanol–water partition coefficient (Wildman–Crippen LogP) is 3.17. The van der Waals surface area contributed by atoms with Crippen LogP contribution in [0.3, 0.4) is 0 Å². The normalized spacial score (nSPS) is 26.0. The summed E-state index contributed by atoms with van der Waals surface area (Å²) >= 11 is 6.18. The van der Waals surface area contributed by atoms with Crippen LogP contribution in [-0.2, 0) is 9.47 Å². The van der Waals surface area contributed by atoms with Gasteiger partial charge in [-0.3, -0.25) is 0 Å². The van der Waals surface area contributed by atoms with E-state index in [2.05, 4.69) is 9.88 Å². The van der Waals surface area contributed by atoms with E-state index in [4.69, 9.17) is 26.1 Å². The lowest BCUT2D eigenvalue weighted by molar-refractivity contribution is -0.0280. The van der Waals surface area contributed by atoms with Gasteiger partial charge in [-0.1, -0.05) is 11.6 Å². The summed E-state index contributed by atoms with van der Waals surface area (Å²) in [5, 5.41) is 0.564. The molecule has 1 atom stereocenters. The highest BCUT2D eigenvalue weighted by atomic mass is 35.5. The Morgan fingerprint density at radius 3 is 2.70 bits per heavy atom. The molecule has 1 aromatic rings. The van der Waals surface area contributed by atoms with Gasteiger partial charge in [-0.05, 0) is 38.5 Å². The molecule has 4 rings (SSSR count). The molecule has 3 heterocycles. The van der Waals surface area contributed by atoms with Crippen molar-refractivity contribution in [3.63, 3.8) is 0 Å². The Hall–Kier alpha value is -0.910. The van der Waals surface area contributed by atoms with Gasteiger partial charge in [-0.2, -0.15) is 0 Å². The van der Waals surface area contributed by atoms with E-state index in [9.17, 15) is 0 Å². The van der Waals surface area contributed by atoms with Crippen molar-refractivity contribution in [2.45, 2.75) is 56.7 Å². The Kier molecular flexibility index (Phi) is 4.69. The van der Waals surface area contributed by atoms with Gasteiger partial charge in [0.2, 0.25) is 0 Å². The summed E-state index contributed by atoms with van der Waals surface area (Å²) in [5.41, 5.74) is 0.